The molecule has 128 valence electrons. The van der Waals surface area contributed by atoms with Crippen LogP contribution in [0.15, 0.2) is 11.7 Å². The van der Waals surface area contributed by atoms with Crippen molar-refractivity contribution in [2.24, 2.45) is 5.92 Å². The Hall–Kier alpha value is -1.19. The van der Waals surface area contributed by atoms with E-state index < -0.39 is 17.8 Å². The first-order valence-electron chi connectivity index (χ1n) is 9.00. The molecule has 1 aliphatic heterocycles. The van der Waals surface area contributed by atoms with E-state index in [2.05, 4.69) is 11.7 Å². The number of unbranched alkanes of at least 4 members (excludes halogenated alkanes) is 11. The summed E-state index contributed by atoms with van der Waals surface area (Å²) in [4.78, 5) is 11.3. The van der Waals surface area contributed by atoms with Gasteiger partial charge in [0, 0.05) is 0 Å². The number of aliphatic hydroxyl groups excluding tert-OH is 2. The number of aliphatic hydroxyl groups is 2. The van der Waals surface area contributed by atoms with Crippen molar-refractivity contribution < 1.29 is 19.7 Å². The smallest absolute Gasteiger partial charge is 0.324 e. The van der Waals surface area contributed by atoms with E-state index in [9.17, 15) is 9.90 Å². The highest BCUT2D eigenvalue weighted by molar-refractivity contribution is 5.78. The molecule has 0 aromatic rings. The zero-order valence-corrected chi connectivity index (χ0v) is 14.0. The van der Waals surface area contributed by atoms with Crippen molar-refractivity contribution in [3.63, 3.8) is 0 Å². The summed E-state index contributed by atoms with van der Waals surface area (Å²) >= 11 is 0. The molecule has 0 spiro atoms. The van der Waals surface area contributed by atoms with E-state index in [0.29, 0.717) is 6.42 Å². The number of cyclic esters (lactones) is 1. The molecule has 0 amide bonds. The van der Waals surface area contributed by atoms with E-state index in [4.69, 9.17) is 5.11 Å². The molecule has 22 heavy (non-hydrogen) atoms. The van der Waals surface area contributed by atoms with Crippen LogP contribution in [-0.4, -0.2) is 16.2 Å². The third kappa shape index (κ3) is 7.19. The van der Waals surface area contributed by atoms with Crippen molar-refractivity contribution in [3.05, 3.63) is 11.7 Å². The van der Waals surface area contributed by atoms with Crippen molar-refractivity contribution >= 4 is 5.97 Å². The Morgan fingerprint density at radius 2 is 1.27 bits per heavy atom. The van der Waals surface area contributed by atoms with Crippen LogP contribution in [0.3, 0.4) is 0 Å². The van der Waals surface area contributed by atoms with Gasteiger partial charge in [0.15, 0.2) is 5.76 Å². The zero-order chi connectivity index (χ0) is 16.2. The Morgan fingerprint density at radius 1 is 0.818 bits per heavy atom. The standard InChI is InChI=1S/C18H32O4/c1-2-3-4-5-6-7-8-9-10-11-12-13-14-15-16(19)18(21)22-17(15)20/h15,19,21H,2-14H2,1H3. The molecule has 4 nitrogen and oxygen atoms in total. The molecule has 1 rings (SSSR count). The summed E-state index contributed by atoms with van der Waals surface area (Å²) in [6.45, 7) is 2.25. The van der Waals surface area contributed by atoms with E-state index in [-0.39, 0.29) is 5.76 Å². The highest BCUT2D eigenvalue weighted by Crippen LogP contribution is 2.27. The summed E-state index contributed by atoms with van der Waals surface area (Å²) in [7, 11) is 0. The Balaban J connectivity index is 1.87. The molecule has 0 radical (unpaired) electrons. The minimum atomic E-state index is -0.650. The molecule has 1 heterocycles. The molecule has 4 heteroatoms. The van der Waals surface area contributed by atoms with Crippen LogP contribution in [0.25, 0.3) is 0 Å². The first-order valence-corrected chi connectivity index (χ1v) is 9.00. The topological polar surface area (TPSA) is 66.8 Å². The van der Waals surface area contributed by atoms with Crippen LogP contribution in [0.5, 0.6) is 0 Å². The Kier molecular flexibility index (Phi) is 9.76. The summed E-state index contributed by atoms with van der Waals surface area (Å²) in [5.41, 5.74) is 0. The molecule has 0 bridgehead atoms. The van der Waals surface area contributed by atoms with Gasteiger partial charge in [-0.25, -0.2) is 0 Å². The van der Waals surface area contributed by atoms with Crippen LogP contribution in [0.1, 0.15) is 90.4 Å². The second kappa shape index (κ2) is 11.4. The fraction of sp³-hybridized carbons (Fsp3) is 0.833. The predicted molar refractivity (Wildman–Crippen MR) is 87.6 cm³/mol. The number of esters is 1. The number of ether oxygens (including phenoxy) is 1. The summed E-state index contributed by atoms with van der Waals surface area (Å²) < 4.78 is 4.49. The van der Waals surface area contributed by atoms with Crippen LogP contribution in [0, 0.1) is 5.92 Å². The molecule has 0 saturated heterocycles. The monoisotopic (exact) mass is 312 g/mol. The first kappa shape index (κ1) is 18.9. The number of hydrogen-bond donors (Lipinski definition) is 2. The van der Waals surface area contributed by atoms with Gasteiger partial charge in [0.2, 0.25) is 0 Å². The molecule has 0 saturated carbocycles. The number of carbonyl (C=O) groups is 1. The number of hydrogen-bond acceptors (Lipinski definition) is 4. The van der Waals surface area contributed by atoms with Crippen LogP contribution >= 0.6 is 0 Å². The van der Waals surface area contributed by atoms with Crippen molar-refractivity contribution in [2.75, 3.05) is 0 Å². The minimum absolute atomic E-state index is 0.298. The van der Waals surface area contributed by atoms with Gasteiger partial charge in [-0.15, -0.1) is 0 Å². The number of carbonyl (C=O) groups excluding carboxylic acids is 1. The van der Waals surface area contributed by atoms with Gasteiger partial charge in [0.25, 0.3) is 0 Å². The molecule has 1 unspecified atom stereocenters. The quantitative estimate of drug-likeness (QED) is 0.346. The molecule has 1 atom stereocenters. The van der Waals surface area contributed by atoms with Crippen LogP contribution in [0.4, 0.5) is 0 Å². The summed E-state index contributed by atoms with van der Waals surface area (Å²) in [5.74, 6) is -2.09. The summed E-state index contributed by atoms with van der Waals surface area (Å²) in [5, 5.41) is 18.6. The van der Waals surface area contributed by atoms with Gasteiger partial charge in [-0.05, 0) is 6.42 Å². The van der Waals surface area contributed by atoms with Crippen molar-refractivity contribution in [3.8, 4) is 0 Å². The largest absolute Gasteiger partial charge is 0.505 e. The SMILES string of the molecule is CCCCCCCCCCCCCCC1C(=O)OC(O)=C1O. The lowest BCUT2D eigenvalue weighted by molar-refractivity contribution is -0.143. The second-order valence-corrected chi connectivity index (χ2v) is 6.34. The zero-order valence-electron chi connectivity index (χ0n) is 14.0. The second-order valence-electron chi connectivity index (χ2n) is 6.34. The summed E-state index contributed by atoms with van der Waals surface area (Å²) in [6, 6.07) is 0. The Bertz CT molecular complexity index is 349. The minimum Gasteiger partial charge on any atom is -0.505 e. The van der Waals surface area contributed by atoms with Gasteiger partial charge in [0.1, 0.15) is 5.92 Å². The van der Waals surface area contributed by atoms with Gasteiger partial charge in [-0.2, -0.15) is 0 Å². The highest BCUT2D eigenvalue weighted by Gasteiger charge is 2.35. The van der Waals surface area contributed by atoms with Crippen LogP contribution < -0.4 is 0 Å². The summed E-state index contributed by atoms with van der Waals surface area (Å²) in [6.07, 6.45) is 15.7. The van der Waals surface area contributed by atoms with E-state index in [1.807, 2.05) is 0 Å². The Labute approximate surface area is 134 Å². The maximum absolute atomic E-state index is 11.3. The predicted octanol–water partition coefficient (Wildman–Crippen LogP) is 5.54. The molecule has 0 aromatic heterocycles. The van der Waals surface area contributed by atoms with E-state index >= 15 is 0 Å². The molecule has 0 aromatic carbocycles. The lowest BCUT2D eigenvalue weighted by Crippen LogP contribution is -2.11. The fourth-order valence-corrected chi connectivity index (χ4v) is 2.92. The normalized spacial score (nSPS) is 18.0. The van der Waals surface area contributed by atoms with Crippen molar-refractivity contribution in [1.29, 1.82) is 0 Å². The third-order valence-electron chi connectivity index (χ3n) is 4.38. The van der Waals surface area contributed by atoms with Gasteiger partial charge < -0.3 is 14.9 Å². The Morgan fingerprint density at radius 3 is 1.68 bits per heavy atom. The van der Waals surface area contributed by atoms with E-state index in [1.165, 1.54) is 64.2 Å². The average Bonchev–Trinajstić information content (AvgIpc) is 2.74. The third-order valence-corrected chi connectivity index (χ3v) is 4.38. The van der Waals surface area contributed by atoms with Crippen molar-refractivity contribution in [1.82, 2.24) is 0 Å². The van der Waals surface area contributed by atoms with E-state index in [1.54, 1.807) is 0 Å². The molecular formula is C18H32O4. The lowest BCUT2D eigenvalue weighted by atomic mass is 9.99. The lowest BCUT2D eigenvalue weighted by Gasteiger charge is -2.06. The van der Waals surface area contributed by atoms with Crippen LogP contribution in [-0.2, 0) is 9.53 Å². The van der Waals surface area contributed by atoms with Crippen LogP contribution in [0.2, 0.25) is 0 Å². The first-order chi connectivity index (χ1) is 10.7. The highest BCUT2D eigenvalue weighted by atomic mass is 16.6. The molecule has 0 fully saturated rings. The average molecular weight is 312 g/mol. The van der Waals surface area contributed by atoms with Gasteiger partial charge in [-0.1, -0.05) is 84.0 Å². The molecular weight excluding hydrogens is 280 g/mol. The maximum Gasteiger partial charge on any atom is 0.324 e. The van der Waals surface area contributed by atoms with Gasteiger partial charge >= 0.3 is 11.9 Å². The van der Waals surface area contributed by atoms with Crippen molar-refractivity contribution in [2.45, 2.75) is 90.4 Å². The maximum atomic E-state index is 11.3. The van der Waals surface area contributed by atoms with Gasteiger partial charge in [0.05, 0.1) is 0 Å². The molecule has 2 N–H and O–H groups in total. The fourth-order valence-electron chi connectivity index (χ4n) is 2.92. The molecule has 0 aliphatic carbocycles. The molecule has 1 aliphatic rings. The number of rotatable bonds is 13. The van der Waals surface area contributed by atoms with E-state index in [0.717, 1.165) is 12.8 Å². The van der Waals surface area contributed by atoms with Gasteiger partial charge in [-0.3, -0.25) is 4.79 Å².